The van der Waals surface area contributed by atoms with Crippen LogP contribution in [0.5, 0.6) is 0 Å². The summed E-state index contributed by atoms with van der Waals surface area (Å²) in [5.41, 5.74) is 2.35. The fourth-order valence-corrected chi connectivity index (χ4v) is 3.66. The first-order chi connectivity index (χ1) is 11.6. The van der Waals surface area contributed by atoms with E-state index in [0.29, 0.717) is 19.6 Å². The molecule has 2 atom stereocenters. The molecule has 130 valence electrons. The van der Waals surface area contributed by atoms with Gasteiger partial charge in [-0.15, -0.1) is 0 Å². The lowest BCUT2D eigenvalue weighted by atomic mass is 10.1. The molecule has 0 spiro atoms. The minimum absolute atomic E-state index is 0.00318. The molecule has 2 aromatic rings. The van der Waals surface area contributed by atoms with E-state index in [-0.39, 0.29) is 18.2 Å². The van der Waals surface area contributed by atoms with E-state index in [2.05, 4.69) is 21.9 Å². The Morgan fingerprint density at radius 1 is 1.50 bits per heavy atom. The summed E-state index contributed by atoms with van der Waals surface area (Å²) < 4.78 is 7.77. The normalized spacial score (nSPS) is 21.0. The maximum absolute atomic E-state index is 12.4. The van der Waals surface area contributed by atoms with E-state index in [1.165, 1.54) is 5.56 Å². The molecule has 0 unspecified atom stereocenters. The predicted molar refractivity (Wildman–Crippen MR) is 94.1 cm³/mol. The number of carbonyl (C=O) groups is 1. The Labute approximate surface area is 146 Å². The topological polar surface area (TPSA) is 59.4 Å². The van der Waals surface area contributed by atoms with Crippen LogP contribution < -0.4 is 5.32 Å². The molecule has 0 aliphatic carbocycles. The van der Waals surface area contributed by atoms with Crippen LogP contribution in [0.1, 0.15) is 30.6 Å². The van der Waals surface area contributed by atoms with Crippen molar-refractivity contribution in [2.75, 3.05) is 19.6 Å². The number of rotatable bonds is 5. The number of thiophene rings is 1. The summed E-state index contributed by atoms with van der Waals surface area (Å²) in [5.74, 6) is 0. The lowest BCUT2D eigenvalue weighted by molar-refractivity contribution is -0.0654. The number of ether oxygens (including phenoxy) is 1. The summed E-state index contributed by atoms with van der Waals surface area (Å²) in [6, 6.07) is 2.06. The van der Waals surface area contributed by atoms with Gasteiger partial charge in [0, 0.05) is 26.3 Å². The number of morpholine rings is 1. The van der Waals surface area contributed by atoms with Gasteiger partial charge in [0.2, 0.25) is 0 Å². The summed E-state index contributed by atoms with van der Waals surface area (Å²) >= 11 is 1.65. The summed E-state index contributed by atoms with van der Waals surface area (Å²) in [5, 5.41) is 11.3. The molecule has 2 amide bonds. The van der Waals surface area contributed by atoms with Crippen molar-refractivity contribution >= 4 is 17.4 Å². The lowest BCUT2D eigenvalue weighted by Gasteiger charge is -2.36. The molecule has 3 heterocycles. The highest BCUT2D eigenvalue weighted by molar-refractivity contribution is 7.07. The molecule has 2 aromatic heterocycles. The third kappa shape index (κ3) is 4.36. The zero-order valence-electron chi connectivity index (χ0n) is 14.1. The first-order valence-corrected chi connectivity index (χ1v) is 9.24. The van der Waals surface area contributed by atoms with Crippen molar-refractivity contribution in [1.82, 2.24) is 20.0 Å². The van der Waals surface area contributed by atoms with Crippen molar-refractivity contribution in [3.63, 3.8) is 0 Å². The summed E-state index contributed by atoms with van der Waals surface area (Å²) in [7, 11) is 1.91. The molecule has 1 aliphatic rings. The van der Waals surface area contributed by atoms with Crippen LogP contribution in [-0.4, -0.2) is 46.4 Å². The largest absolute Gasteiger partial charge is 0.367 e. The van der Waals surface area contributed by atoms with Crippen LogP contribution >= 0.6 is 11.3 Å². The highest BCUT2D eigenvalue weighted by Crippen LogP contribution is 2.26. The van der Waals surface area contributed by atoms with Gasteiger partial charge in [0.15, 0.2) is 0 Å². The van der Waals surface area contributed by atoms with Crippen LogP contribution in [0.2, 0.25) is 0 Å². The first-order valence-electron chi connectivity index (χ1n) is 8.29. The average Bonchev–Trinajstić information content (AvgIpc) is 3.22. The van der Waals surface area contributed by atoms with Gasteiger partial charge >= 0.3 is 6.03 Å². The third-order valence-corrected chi connectivity index (χ3v) is 4.84. The Balaban J connectivity index is 1.45. The fraction of sp³-hybridized carbons (Fsp3) is 0.529. The van der Waals surface area contributed by atoms with Gasteiger partial charge in [-0.1, -0.05) is 0 Å². The molecule has 0 bridgehead atoms. The van der Waals surface area contributed by atoms with Crippen molar-refractivity contribution in [3.8, 4) is 0 Å². The van der Waals surface area contributed by atoms with Crippen LogP contribution in [-0.2, 0) is 18.2 Å². The molecule has 0 saturated carbocycles. The van der Waals surface area contributed by atoms with Crippen LogP contribution in [0.3, 0.4) is 0 Å². The zero-order valence-corrected chi connectivity index (χ0v) is 15.0. The van der Waals surface area contributed by atoms with Crippen molar-refractivity contribution in [2.24, 2.45) is 7.05 Å². The Morgan fingerprint density at radius 2 is 2.38 bits per heavy atom. The van der Waals surface area contributed by atoms with Gasteiger partial charge in [-0.3, -0.25) is 4.68 Å². The quantitative estimate of drug-likeness (QED) is 0.845. The predicted octanol–water partition coefficient (Wildman–Crippen LogP) is 2.59. The second-order valence-electron chi connectivity index (χ2n) is 6.25. The molecule has 1 aliphatic heterocycles. The van der Waals surface area contributed by atoms with E-state index in [0.717, 1.165) is 18.4 Å². The minimum Gasteiger partial charge on any atom is -0.367 e. The number of hydrogen-bond donors (Lipinski definition) is 1. The Morgan fingerprint density at radius 3 is 3.08 bits per heavy atom. The second-order valence-corrected chi connectivity index (χ2v) is 7.03. The van der Waals surface area contributed by atoms with Gasteiger partial charge in [-0.05, 0) is 47.7 Å². The first kappa shape index (κ1) is 17.0. The number of hydrogen-bond acceptors (Lipinski definition) is 4. The van der Waals surface area contributed by atoms with Gasteiger partial charge in [0.05, 0.1) is 18.8 Å². The van der Waals surface area contributed by atoms with E-state index in [1.807, 2.05) is 36.6 Å². The number of aromatic nitrogens is 2. The van der Waals surface area contributed by atoms with E-state index in [4.69, 9.17) is 4.74 Å². The van der Waals surface area contributed by atoms with E-state index < -0.39 is 0 Å². The van der Waals surface area contributed by atoms with Crippen LogP contribution in [0.15, 0.2) is 29.2 Å². The molecule has 0 radical (unpaired) electrons. The van der Waals surface area contributed by atoms with E-state index in [9.17, 15) is 4.79 Å². The Bertz CT molecular complexity index is 655. The maximum atomic E-state index is 12.4. The van der Waals surface area contributed by atoms with E-state index >= 15 is 0 Å². The molecule has 1 saturated heterocycles. The van der Waals surface area contributed by atoms with Crippen LogP contribution in [0.25, 0.3) is 0 Å². The Hall–Kier alpha value is -1.86. The highest BCUT2D eigenvalue weighted by Gasteiger charge is 2.29. The van der Waals surface area contributed by atoms with Crippen molar-refractivity contribution in [1.29, 1.82) is 0 Å². The monoisotopic (exact) mass is 348 g/mol. The smallest absolute Gasteiger partial charge is 0.317 e. The highest BCUT2D eigenvalue weighted by atomic mass is 32.1. The number of nitrogens with one attached hydrogen (secondary N) is 1. The Kier molecular flexibility index (Phi) is 5.52. The standard InChI is InChI=1S/C17H24N4O2S/c1-13-9-21(11-16(23-13)15-5-7-24-12-15)17(22)18-6-3-4-14-8-19-20(2)10-14/h5,7-8,10,12-13,16H,3-4,6,9,11H2,1-2H3,(H,18,22)/t13-,16+/m0/s1. The molecule has 1 fully saturated rings. The van der Waals surface area contributed by atoms with E-state index in [1.54, 1.807) is 16.0 Å². The summed E-state index contributed by atoms with van der Waals surface area (Å²) in [6.45, 7) is 3.92. The number of amides is 2. The van der Waals surface area contributed by atoms with Crippen molar-refractivity contribution in [3.05, 3.63) is 40.3 Å². The SMILES string of the molecule is C[C@H]1CN(C(=O)NCCCc2cnn(C)c2)C[C@H](c2ccsc2)O1. The number of urea groups is 1. The van der Waals surface area contributed by atoms with Gasteiger partial charge in [0.1, 0.15) is 6.10 Å². The molecular formula is C17H24N4O2S. The van der Waals surface area contributed by atoms with Crippen molar-refractivity contribution in [2.45, 2.75) is 32.0 Å². The zero-order chi connectivity index (χ0) is 16.9. The molecule has 3 rings (SSSR count). The molecule has 1 N–H and O–H groups in total. The average molecular weight is 348 g/mol. The van der Waals surface area contributed by atoms with Gasteiger partial charge in [-0.25, -0.2) is 4.79 Å². The number of aryl methyl sites for hydroxylation is 2. The van der Waals surface area contributed by atoms with Crippen LogP contribution in [0, 0.1) is 0 Å². The lowest BCUT2D eigenvalue weighted by Crippen LogP contribution is -2.50. The maximum Gasteiger partial charge on any atom is 0.317 e. The third-order valence-electron chi connectivity index (χ3n) is 4.14. The van der Waals surface area contributed by atoms with Crippen LogP contribution in [0.4, 0.5) is 4.79 Å². The van der Waals surface area contributed by atoms with Gasteiger partial charge in [-0.2, -0.15) is 16.4 Å². The molecule has 7 heteroatoms. The number of nitrogens with zero attached hydrogens (tertiary/aromatic N) is 3. The minimum atomic E-state index is -0.0267. The summed E-state index contributed by atoms with van der Waals surface area (Å²) in [6.07, 6.45) is 5.73. The van der Waals surface area contributed by atoms with Crippen molar-refractivity contribution < 1.29 is 9.53 Å². The molecule has 6 nitrogen and oxygen atoms in total. The summed E-state index contributed by atoms with van der Waals surface area (Å²) in [4.78, 5) is 14.3. The fourth-order valence-electron chi connectivity index (χ4n) is 2.96. The van der Waals surface area contributed by atoms with Gasteiger partial charge < -0.3 is 15.0 Å². The molecule has 24 heavy (non-hydrogen) atoms. The molecular weight excluding hydrogens is 324 g/mol. The molecule has 0 aromatic carbocycles. The second kappa shape index (κ2) is 7.81. The van der Waals surface area contributed by atoms with Gasteiger partial charge in [0.25, 0.3) is 0 Å². The number of carbonyl (C=O) groups excluding carboxylic acids is 1.